The molecular weight excluding hydrogens is 196 g/mol. The normalized spacial score (nSPS) is 10.1. The molecule has 82 valence electrons. The standard InChI is InChI=1S/C14H16N2/c1-11-6-8-12(9-7-11)10-16-14-5-3-2-4-13(14)15/h2-9,16H,10,15H2,1H3. The molecule has 16 heavy (non-hydrogen) atoms. The molecule has 2 nitrogen and oxygen atoms in total. The Bertz CT molecular complexity index is 460. The number of rotatable bonds is 3. The molecule has 0 amide bonds. The van der Waals surface area contributed by atoms with E-state index in [9.17, 15) is 0 Å². The molecule has 0 saturated heterocycles. The van der Waals surface area contributed by atoms with Crippen LogP contribution in [0.15, 0.2) is 48.5 Å². The second kappa shape index (κ2) is 4.71. The maximum absolute atomic E-state index is 5.85. The van der Waals surface area contributed by atoms with Crippen LogP contribution >= 0.6 is 0 Å². The lowest BCUT2D eigenvalue weighted by Gasteiger charge is -2.09. The molecule has 0 bridgehead atoms. The molecule has 0 unspecified atom stereocenters. The number of nitrogens with two attached hydrogens (primary N) is 1. The highest BCUT2D eigenvalue weighted by Crippen LogP contribution is 2.17. The highest BCUT2D eigenvalue weighted by molar-refractivity contribution is 5.65. The van der Waals surface area contributed by atoms with Gasteiger partial charge in [-0.05, 0) is 24.6 Å². The fourth-order valence-corrected chi connectivity index (χ4v) is 1.56. The van der Waals surface area contributed by atoms with Crippen molar-refractivity contribution in [2.24, 2.45) is 0 Å². The second-order valence-corrected chi connectivity index (χ2v) is 3.93. The average Bonchev–Trinajstić information content (AvgIpc) is 2.30. The van der Waals surface area contributed by atoms with Gasteiger partial charge in [-0.25, -0.2) is 0 Å². The maximum atomic E-state index is 5.85. The van der Waals surface area contributed by atoms with Gasteiger partial charge in [0.2, 0.25) is 0 Å². The summed E-state index contributed by atoms with van der Waals surface area (Å²) in [7, 11) is 0. The third-order valence-corrected chi connectivity index (χ3v) is 2.56. The number of hydrogen-bond acceptors (Lipinski definition) is 2. The molecular formula is C14H16N2. The number of anilines is 2. The predicted molar refractivity (Wildman–Crippen MR) is 69.4 cm³/mol. The van der Waals surface area contributed by atoms with Crippen molar-refractivity contribution in [2.45, 2.75) is 13.5 Å². The summed E-state index contributed by atoms with van der Waals surface area (Å²) in [5.41, 5.74) is 10.2. The van der Waals surface area contributed by atoms with Crippen molar-refractivity contribution in [3.05, 3.63) is 59.7 Å². The smallest absolute Gasteiger partial charge is 0.0576 e. The molecule has 2 rings (SSSR count). The van der Waals surface area contributed by atoms with E-state index in [1.807, 2.05) is 24.3 Å². The van der Waals surface area contributed by atoms with Crippen molar-refractivity contribution < 1.29 is 0 Å². The third-order valence-electron chi connectivity index (χ3n) is 2.56. The highest BCUT2D eigenvalue weighted by atomic mass is 14.9. The number of benzene rings is 2. The van der Waals surface area contributed by atoms with E-state index in [2.05, 4.69) is 36.5 Å². The van der Waals surface area contributed by atoms with Crippen LogP contribution in [0.5, 0.6) is 0 Å². The Balaban J connectivity index is 2.02. The zero-order valence-corrected chi connectivity index (χ0v) is 9.40. The van der Waals surface area contributed by atoms with Gasteiger partial charge in [0.25, 0.3) is 0 Å². The van der Waals surface area contributed by atoms with Crippen molar-refractivity contribution in [1.82, 2.24) is 0 Å². The van der Waals surface area contributed by atoms with Gasteiger partial charge in [-0.15, -0.1) is 0 Å². The predicted octanol–water partition coefficient (Wildman–Crippen LogP) is 3.19. The van der Waals surface area contributed by atoms with Gasteiger partial charge in [-0.3, -0.25) is 0 Å². The van der Waals surface area contributed by atoms with E-state index in [-0.39, 0.29) is 0 Å². The first-order valence-electron chi connectivity index (χ1n) is 5.39. The Hall–Kier alpha value is -1.96. The molecule has 2 aromatic carbocycles. The van der Waals surface area contributed by atoms with Crippen LogP contribution in [0.4, 0.5) is 11.4 Å². The van der Waals surface area contributed by atoms with Crippen LogP contribution in [0.1, 0.15) is 11.1 Å². The first kappa shape index (κ1) is 10.6. The summed E-state index contributed by atoms with van der Waals surface area (Å²) < 4.78 is 0. The molecule has 0 aliphatic heterocycles. The van der Waals surface area contributed by atoms with Gasteiger partial charge in [0.1, 0.15) is 0 Å². The van der Waals surface area contributed by atoms with Gasteiger partial charge in [0.05, 0.1) is 11.4 Å². The van der Waals surface area contributed by atoms with Crippen LogP contribution in [0, 0.1) is 6.92 Å². The molecule has 0 aliphatic carbocycles. The zero-order chi connectivity index (χ0) is 11.4. The highest BCUT2D eigenvalue weighted by Gasteiger charge is 1.97. The minimum absolute atomic E-state index is 0.787. The summed E-state index contributed by atoms with van der Waals surface area (Å²) in [5, 5.41) is 3.32. The lowest BCUT2D eigenvalue weighted by Crippen LogP contribution is -2.01. The summed E-state index contributed by atoms with van der Waals surface area (Å²) in [6, 6.07) is 16.3. The molecule has 0 atom stereocenters. The van der Waals surface area contributed by atoms with Gasteiger partial charge >= 0.3 is 0 Å². The Morgan fingerprint density at radius 1 is 1.00 bits per heavy atom. The van der Waals surface area contributed by atoms with Gasteiger partial charge in [-0.1, -0.05) is 42.0 Å². The topological polar surface area (TPSA) is 38.0 Å². The van der Waals surface area contributed by atoms with Crippen molar-refractivity contribution in [3.63, 3.8) is 0 Å². The number of aryl methyl sites for hydroxylation is 1. The third kappa shape index (κ3) is 2.54. The van der Waals surface area contributed by atoms with E-state index in [0.717, 1.165) is 17.9 Å². The summed E-state index contributed by atoms with van der Waals surface area (Å²) in [6.07, 6.45) is 0. The van der Waals surface area contributed by atoms with Crippen LogP contribution in [0.3, 0.4) is 0 Å². The fourth-order valence-electron chi connectivity index (χ4n) is 1.56. The minimum Gasteiger partial charge on any atom is -0.397 e. The van der Waals surface area contributed by atoms with Crippen LogP contribution in [0.25, 0.3) is 0 Å². The van der Waals surface area contributed by atoms with Crippen LogP contribution in [-0.4, -0.2) is 0 Å². The van der Waals surface area contributed by atoms with E-state index in [1.54, 1.807) is 0 Å². The first-order valence-corrected chi connectivity index (χ1v) is 5.39. The summed E-state index contributed by atoms with van der Waals surface area (Å²) in [5.74, 6) is 0. The van der Waals surface area contributed by atoms with E-state index < -0.39 is 0 Å². The minimum atomic E-state index is 0.787. The Morgan fingerprint density at radius 3 is 2.38 bits per heavy atom. The Kier molecular flexibility index (Phi) is 3.10. The van der Waals surface area contributed by atoms with Gasteiger partial charge in [0, 0.05) is 6.54 Å². The Morgan fingerprint density at radius 2 is 1.69 bits per heavy atom. The maximum Gasteiger partial charge on any atom is 0.0576 e. The van der Waals surface area contributed by atoms with Crippen LogP contribution in [-0.2, 0) is 6.54 Å². The summed E-state index contributed by atoms with van der Waals surface area (Å²) in [4.78, 5) is 0. The lowest BCUT2D eigenvalue weighted by molar-refractivity contribution is 1.15. The lowest BCUT2D eigenvalue weighted by atomic mass is 10.1. The number of nitrogens with one attached hydrogen (secondary N) is 1. The monoisotopic (exact) mass is 212 g/mol. The van der Waals surface area contributed by atoms with E-state index in [0.29, 0.717) is 0 Å². The van der Waals surface area contributed by atoms with Crippen LogP contribution < -0.4 is 11.1 Å². The van der Waals surface area contributed by atoms with E-state index >= 15 is 0 Å². The molecule has 3 N–H and O–H groups in total. The van der Waals surface area contributed by atoms with Crippen molar-refractivity contribution in [1.29, 1.82) is 0 Å². The number of para-hydroxylation sites is 2. The molecule has 0 saturated carbocycles. The zero-order valence-electron chi connectivity index (χ0n) is 9.40. The average molecular weight is 212 g/mol. The molecule has 2 aromatic rings. The summed E-state index contributed by atoms with van der Waals surface area (Å²) in [6.45, 7) is 2.89. The van der Waals surface area contributed by atoms with Gasteiger partial charge < -0.3 is 11.1 Å². The van der Waals surface area contributed by atoms with Crippen LogP contribution in [0.2, 0.25) is 0 Å². The molecule has 0 spiro atoms. The molecule has 0 fully saturated rings. The molecule has 0 heterocycles. The SMILES string of the molecule is Cc1ccc(CNc2ccccc2N)cc1. The number of hydrogen-bond donors (Lipinski definition) is 2. The van der Waals surface area contributed by atoms with Crippen molar-refractivity contribution in [3.8, 4) is 0 Å². The van der Waals surface area contributed by atoms with Gasteiger partial charge in [0.15, 0.2) is 0 Å². The largest absolute Gasteiger partial charge is 0.397 e. The first-order chi connectivity index (χ1) is 7.75. The van der Waals surface area contributed by atoms with E-state index in [1.165, 1.54) is 11.1 Å². The second-order valence-electron chi connectivity index (χ2n) is 3.93. The summed E-state index contributed by atoms with van der Waals surface area (Å²) >= 11 is 0. The van der Waals surface area contributed by atoms with E-state index in [4.69, 9.17) is 5.73 Å². The van der Waals surface area contributed by atoms with Gasteiger partial charge in [-0.2, -0.15) is 0 Å². The molecule has 0 aromatic heterocycles. The number of nitrogen functional groups attached to an aromatic ring is 1. The van der Waals surface area contributed by atoms with Crippen molar-refractivity contribution >= 4 is 11.4 Å². The quantitative estimate of drug-likeness (QED) is 0.767. The fraction of sp³-hybridized carbons (Fsp3) is 0.143. The molecule has 0 radical (unpaired) electrons. The molecule has 0 aliphatic rings. The van der Waals surface area contributed by atoms with Crippen molar-refractivity contribution in [2.75, 3.05) is 11.1 Å². The molecule has 2 heteroatoms. The Labute approximate surface area is 96.1 Å².